The van der Waals surface area contributed by atoms with Crippen LogP contribution < -0.4 is 5.32 Å². The predicted molar refractivity (Wildman–Crippen MR) is 58.7 cm³/mol. The number of nitrogens with one attached hydrogen (secondary N) is 1. The van der Waals surface area contributed by atoms with Crippen LogP contribution in [-0.4, -0.2) is 17.4 Å². The van der Waals surface area contributed by atoms with E-state index in [-0.39, 0.29) is 5.91 Å². The molecule has 0 aliphatic carbocycles. The molecule has 0 fully saturated rings. The quantitative estimate of drug-likeness (QED) is 0.626. The summed E-state index contributed by atoms with van der Waals surface area (Å²) >= 11 is 0. The van der Waals surface area contributed by atoms with Crippen molar-refractivity contribution in [2.75, 3.05) is 6.54 Å². The summed E-state index contributed by atoms with van der Waals surface area (Å²) in [6.45, 7) is 1.94. The Morgan fingerprint density at radius 3 is 2.71 bits per heavy atom. The second-order valence-electron chi connectivity index (χ2n) is 3.71. The first-order valence-corrected chi connectivity index (χ1v) is 4.93. The van der Waals surface area contributed by atoms with Crippen molar-refractivity contribution in [2.45, 2.75) is 6.92 Å². The molecule has 17 heavy (non-hydrogen) atoms. The monoisotopic (exact) mass is 236 g/mol. The summed E-state index contributed by atoms with van der Waals surface area (Å²) in [5.41, 5.74) is 1.08. The molecule has 6 heteroatoms. The molecule has 0 aromatic heterocycles. The lowest BCUT2D eigenvalue weighted by Crippen LogP contribution is -2.16. The van der Waals surface area contributed by atoms with Crippen LogP contribution in [0.25, 0.3) is 5.57 Å². The van der Waals surface area contributed by atoms with Crippen LogP contribution >= 0.6 is 0 Å². The maximum Gasteiger partial charge on any atom is 0.305 e. The lowest BCUT2D eigenvalue weighted by molar-refractivity contribution is -0.387. The highest BCUT2D eigenvalue weighted by Gasteiger charge is 2.22. The van der Waals surface area contributed by atoms with E-state index in [9.17, 15) is 19.3 Å². The number of nitrogens with zero attached hydrogens (tertiary/aromatic N) is 1. The Kier molecular flexibility index (Phi) is 2.63. The van der Waals surface area contributed by atoms with Crippen molar-refractivity contribution in [2.24, 2.45) is 0 Å². The van der Waals surface area contributed by atoms with Gasteiger partial charge in [-0.1, -0.05) is 6.07 Å². The fraction of sp³-hybridized carbons (Fsp3) is 0.182. The number of hydrogen-bond acceptors (Lipinski definition) is 3. The molecule has 0 saturated carbocycles. The van der Waals surface area contributed by atoms with Crippen LogP contribution in [0.3, 0.4) is 0 Å². The van der Waals surface area contributed by atoms with Crippen molar-refractivity contribution in [3.8, 4) is 0 Å². The van der Waals surface area contributed by atoms with Crippen LogP contribution in [0.5, 0.6) is 0 Å². The fourth-order valence-corrected chi connectivity index (χ4v) is 1.73. The van der Waals surface area contributed by atoms with Gasteiger partial charge in [-0.15, -0.1) is 0 Å². The average Bonchev–Trinajstić information content (AvgIpc) is 2.60. The summed E-state index contributed by atoms with van der Waals surface area (Å²) in [7, 11) is 0. The number of hydrogen-bond donors (Lipinski definition) is 1. The second-order valence-corrected chi connectivity index (χ2v) is 3.71. The molecule has 0 spiro atoms. The number of carbonyl (C=O) groups excluding carboxylic acids is 1. The van der Waals surface area contributed by atoms with Gasteiger partial charge < -0.3 is 5.32 Å². The molecule has 1 aliphatic rings. The average molecular weight is 236 g/mol. The highest BCUT2D eigenvalue weighted by molar-refractivity contribution is 6.05. The first-order chi connectivity index (χ1) is 8.00. The molecular formula is C11H9FN2O3. The van der Waals surface area contributed by atoms with E-state index in [4.69, 9.17) is 0 Å². The van der Waals surface area contributed by atoms with Crippen molar-refractivity contribution in [3.05, 3.63) is 45.3 Å². The minimum Gasteiger partial charge on any atom is -0.348 e. The molecule has 1 aliphatic heterocycles. The minimum atomic E-state index is -0.880. The molecule has 1 amide bonds. The number of nitro benzene ring substituents is 1. The molecule has 5 nitrogen and oxygen atoms in total. The predicted octanol–water partition coefficient (Wildman–Crippen LogP) is 1.64. The number of carbonyl (C=O) groups is 1. The molecule has 88 valence electrons. The molecule has 2 rings (SSSR count). The number of halogens is 1. The maximum atomic E-state index is 13.1. The van der Waals surface area contributed by atoms with Gasteiger partial charge in [-0.05, 0) is 24.1 Å². The van der Waals surface area contributed by atoms with Crippen LogP contribution in [0, 0.1) is 15.9 Å². The normalized spacial score (nSPS) is 15.1. The Hall–Kier alpha value is -2.24. The summed E-state index contributed by atoms with van der Waals surface area (Å²) < 4.78 is 13.1. The molecule has 0 saturated heterocycles. The van der Waals surface area contributed by atoms with Crippen molar-refractivity contribution in [1.29, 1.82) is 0 Å². The zero-order chi connectivity index (χ0) is 12.6. The second kappa shape index (κ2) is 3.97. The van der Waals surface area contributed by atoms with E-state index in [0.29, 0.717) is 23.3 Å². The highest BCUT2D eigenvalue weighted by atomic mass is 19.1. The van der Waals surface area contributed by atoms with E-state index in [1.807, 2.05) is 0 Å². The molecule has 0 unspecified atom stereocenters. The Labute approximate surface area is 96.1 Å². The first kappa shape index (κ1) is 11.3. The summed E-state index contributed by atoms with van der Waals surface area (Å²) in [5.74, 6) is -1.08. The van der Waals surface area contributed by atoms with E-state index >= 15 is 0 Å². The van der Waals surface area contributed by atoms with Crippen molar-refractivity contribution in [1.82, 2.24) is 5.32 Å². The number of rotatable bonds is 2. The first-order valence-electron chi connectivity index (χ1n) is 4.93. The largest absolute Gasteiger partial charge is 0.348 e. The van der Waals surface area contributed by atoms with Crippen LogP contribution in [0.2, 0.25) is 0 Å². The summed E-state index contributed by atoms with van der Waals surface area (Å²) in [4.78, 5) is 21.1. The number of nitro groups is 1. The molecule has 0 bridgehead atoms. The third-order valence-electron chi connectivity index (χ3n) is 2.71. The van der Waals surface area contributed by atoms with Gasteiger partial charge in [0.1, 0.15) is 0 Å². The number of amides is 1. The maximum absolute atomic E-state index is 13.1. The van der Waals surface area contributed by atoms with Crippen molar-refractivity contribution < 1.29 is 14.1 Å². The standard InChI is InChI=1S/C11H9FN2O3/c1-6-8(5-13-11(6)15)7-2-3-9(12)10(4-7)14(16)17/h2-4H,5H2,1H3,(H,13,15). The molecule has 1 N–H and O–H groups in total. The summed E-state index contributed by atoms with van der Waals surface area (Å²) in [6.07, 6.45) is 0. The highest BCUT2D eigenvalue weighted by Crippen LogP contribution is 2.27. The Morgan fingerprint density at radius 1 is 1.47 bits per heavy atom. The SMILES string of the molecule is CC1=C(c2ccc(F)c([N+](=O)[O-])c2)CNC1=O. The minimum absolute atomic E-state index is 0.202. The van der Waals surface area contributed by atoms with E-state index in [1.54, 1.807) is 6.92 Å². The third-order valence-corrected chi connectivity index (χ3v) is 2.71. The fourth-order valence-electron chi connectivity index (χ4n) is 1.73. The van der Waals surface area contributed by atoms with Gasteiger partial charge in [-0.25, -0.2) is 0 Å². The van der Waals surface area contributed by atoms with Gasteiger partial charge in [0.25, 0.3) is 0 Å². The smallest absolute Gasteiger partial charge is 0.305 e. The topological polar surface area (TPSA) is 72.2 Å². The summed E-state index contributed by atoms with van der Waals surface area (Å²) in [5, 5.41) is 13.2. The van der Waals surface area contributed by atoms with Gasteiger partial charge >= 0.3 is 5.69 Å². The van der Waals surface area contributed by atoms with Crippen LogP contribution in [0.1, 0.15) is 12.5 Å². The van der Waals surface area contributed by atoms with Gasteiger partial charge in [-0.2, -0.15) is 4.39 Å². The molecule has 0 radical (unpaired) electrons. The lowest BCUT2D eigenvalue weighted by atomic mass is 10.0. The van der Waals surface area contributed by atoms with Crippen molar-refractivity contribution in [3.63, 3.8) is 0 Å². The van der Waals surface area contributed by atoms with Gasteiger partial charge in [0, 0.05) is 18.2 Å². The zero-order valence-corrected chi connectivity index (χ0v) is 8.99. The Morgan fingerprint density at radius 2 is 2.18 bits per heavy atom. The van der Waals surface area contributed by atoms with Gasteiger partial charge in [0.15, 0.2) is 0 Å². The van der Waals surface area contributed by atoms with E-state index in [2.05, 4.69) is 5.32 Å². The molecule has 0 atom stereocenters. The van der Waals surface area contributed by atoms with Crippen LogP contribution in [0.4, 0.5) is 10.1 Å². The van der Waals surface area contributed by atoms with Crippen LogP contribution in [0.15, 0.2) is 23.8 Å². The lowest BCUT2D eigenvalue weighted by Gasteiger charge is -2.03. The van der Waals surface area contributed by atoms with Gasteiger partial charge in [0.2, 0.25) is 11.7 Å². The third kappa shape index (κ3) is 1.89. The van der Waals surface area contributed by atoms with E-state index < -0.39 is 16.4 Å². The van der Waals surface area contributed by atoms with Crippen LogP contribution in [-0.2, 0) is 4.79 Å². The van der Waals surface area contributed by atoms with Gasteiger partial charge in [0.05, 0.1) is 4.92 Å². The zero-order valence-electron chi connectivity index (χ0n) is 8.99. The molecular weight excluding hydrogens is 227 g/mol. The number of benzene rings is 1. The van der Waals surface area contributed by atoms with E-state index in [0.717, 1.165) is 12.1 Å². The molecule has 1 aromatic rings. The Balaban J connectivity index is 2.52. The Bertz CT molecular complexity index is 552. The summed E-state index contributed by atoms with van der Waals surface area (Å²) in [6, 6.07) is 3.62. The van der Waals surface area contributed by atoms with E-state index in [1.165, 1.54) is 6.07 Å². The van der Waals surface area contributed by atoms with Crippen molar-refractivity contribution >= 4 is 17.2 Å². The molecule has 1 heterocycles. The van der Waals surface area contributed by atoms with Gasteiger partial charge in [-0.3, -0.25) is 14.9 Å². The molecule has 1 aromatic carbocycles.